The predicted molar refractivity (Wildman–Crippen MR) is 61.1 cm³/mol. The van der Waals surface area contributed by atoms with Crippen LogP contribution in [0.2, 0.25) is 0 Å². The quantitative estimate of drug-likeness (QED) is 0.728. The number of hydrogen-bond donors (Lipinski definition) is 0. The summed E-state index contributed by atoms with van der Waals surface area (Å²) >= 11 is 3.51. The molecule has 1 aliphatic rings. The van der Waals surface area contributed by atoms with Crippen LogP contribution in [0.5, 0.6) is 0 Å². The Morgan fingerprint density at radius 1 is 1.29 bits per heavy atom. The topological polar surface area (TPSA) is 9.23 Å². The van der Waals surface area contributed by atoms with Crippen LogP contribution in [0.25, 0.3) is 0 Å². The number of hydrogen-bond acceptors (Lipinski definition) is 1. The van der Waals surface area contributed by atoms with Crippen molar-refractivity contribution in [2.24, 2.45) is 5.92 Å². The van der Waals surface area contributed by atoms with Crippen LogP contribution in [0, 0.1) is 5.92 Å². The summed E-state index contributed by atoms with van der Waals surface area (Å²) in [6.45, 7) is 1.64. The fourth-order valence-corrected chi connectivity index (χ4v) is 1.85. The fourth-order valence-electron chi connectivity index (χ4n) is 1.45. The number of rotatable bonds is 5. The largest absolute Gasteiger partial charge is 0.377 e. The van der Waals surface area contributed by atoms with Gasteiger partial charge < -0.3 is 4.74 Å². The lowest BCUT2D eigenvalue weighted by Crippen LogP contribution is -1.96. The van der Waals surface area contributed by atoms with Crippen LogP contribution in [0.1, 0.15) is 24.8 Å². The van der Waals surface area contributed by atoms with Gasteiger partial charge in [0.2, 0.25) is 0 Å². The fraction of sp³-hybridized carbons (Fsp3) is 0.500. The molecule has 76 valence electrons. The lowest BCUT2D eigenvalue weighted by atomic mass is 10.2. The lowest BCUT2D eigenvalue weighted by molar-refractivity contribution is 0.114. The smallest absolute Gasteiger partial charge is 0.0727 e. The molecule has 2 heteroatoms. The van der Waals surface area contributed by atoms with Gasteiger partial charge in [0.1, 0.15) is 0 Å². The summed E-state index contributed by atoms with van der Waals surface area (Å²) in [6, 6.07) is 8.23. The standard InChI is InChI=1S/C12H15BrO/c13-12-4-2-1-3-11(12)9-14-8-7-10-5-6-10/h1-4,10H,5-9H2. The van der Waals surface area contributed by atoms with E-state index in [1.165, 1.54) is 24.8 Å². The Balaban J connectivity index is 1.71. The predicted octanol–water partition coefficient (Wildman–Crippen LogP) is 3.77. The second-order valence-corrected chi connectivity index (χ2v) is 4.73. The number of halogens is 1. The van der Waals surface area contributed by atoms with Crippen molar-refractivity contribution in [2.75, 3.05) is 6.61 Å². The number of benzene rings is 1. The van der Waals surface area contributed by atoms with E-state index in [0.29, 0.717) is 0 Å². The van der Waals surface area contributed by atoms with Gasteiger partial charge in [-0.25, -0.2) is 0 Å². The van der Waals surface area contributed by atoms with E-state index in [0.717, 1.165) is 23.6 Å². The normalized spacial score (nSPS) is 15.8. The van der Waals surface area contributed by atoms with E-state index in [1.54, 1.807) is 0 Å². The van der Waals surface area contributed by atoms with Crippen LogP contribution in [0.15, 0.2) is 28.7 Å². The molecule has 0 aliphatic heterocycles. The second kappa shape index (κ2) is 4.94. The minimum absolute atomic E-state index is 0.730. The molecule has 1 aromatic rings. The summed E-state index contributed by atoms with van der Waals surface area (Å²) in [4.78, 5) is 0. The highest BCUT2D eigenvalue weighted by atomic mass is 79.9. The van der Waals surface area contributed by atoms with Crippen LogP contribution in [0.4, 0.5) is 0 Å². The van der Waals surface area contributed by atoms with Crippen LogP contribution in [-0.4, -0.2) is 6.61 Å². The molecule has 1 nitrogen and oxygen atoms in total. The van der Waals surface area contributed by atoms with Gasteiger partial charge in [0, 0.05) is 11.1 Å². The summed E-state index contributed by atoms with van der Waals surface area (Å²) in [6.07, 6.45) is 4.07. The van der Waals surface area contributed by atoms with Crippen molar-refractivity contribution in [3.05, 3.63) is 34.3 Å². The summed E-state index contributed by atoms with van der Waals surface area (Å²) < 4.78 is 6.77. The molecule has 1 aliphatic carbocycles. The van der Waals surface area contributed by atoms with Crippen molar-refractivity contribution in [1.29, 1.82) is 0 Å². The lowest BCUT2D eigenvalue weighted by Gasteiger charge is -2.05. The maximum absolute atomic E-state index is 5.62. The van der Waals surface area contributed by atoms with E-state index < -0.39 is 0 Å². The van der Waals surface area contributed by atoms with E-state index in [-0.39, 0.29) is 0 Å². The third-order valence-electron chi connectivity index (χ3n) is 2.58. The molecule has 1 aromatic carbocycles. The molecular weight excluding hydrogens is 240 g/mol. The van der Waals surface area contributed by atoms with Crippen molar-refractivity contribution in [1.82, 2.24) is 0 Å². The first-order chi connectivity index (χ1) is 6.86. The van der Waals surface area contributed by atoms with Gasteiger partial charge in [-0.05, 0) is 24.0 Å². The van der Waals surface area contributed by atoms with Crippen molar-refractivity contribution < 1.29 is 4.74 Å². The average molecular weight is 255 g/mol. The Bertz CT molecular complexity index is 294. The highest BCUT2D eigenvalue weighted by molar-refractivity contribution is 9.10. The van der Waals surface area contributed by atoms with Crippen LogP contribution in [0.3, 0.4) is 0 Å². The molecule has 0 atom stereocenters. The molecule has 14 heavy (non-hydrogen) atoms. The zero-order valence-electron chi connectivity index (χ0n) is 8.21. The van der Waals surface area contributed by atoms with Gasteiger partial charge in [-0.1, -0.05) is 47.0 Å². The monoisotopic (exact) mass is 254 g/mol. The Kier molecular flexibility index (Phi) is 3.60. The number of ether oxygens (including phenoxy) is 1. The molecule has 0 unspecified atom stereocenters. The zero-order chi connectivity index (χ0) is 9.80. The molecule has 1 saturated carbocycles. The molecular formula is C12H15BrO. The Hall–Kier alpha value is -0.340. The molecule has 0 amide bonds. The highest BCUT2D eigenvalue weighted by Crippen LogP contribution is 2.32. The molecule has 0 radical (unpaired) electrons. The van der Waals surface area contributed by atoms with E-state index in [2.05, 4.69) is 28.1 Å². The molecule has 0 aromatic heterocycles. The Morgan fingerprint density at radius 3 is 2.79 bits per heavy atom. The molecule has 0 bridgehead atoms. The van der Waals surface area contributed by atoms with Crippen LogP contribution < -0.4 is 0 Å². The Labute approximate surface area is 93.6 Å². The van der Waals surface area contributed by atoms with Crippen molar-refractivity contribution in [3.8, 4) is 0 Å². The zero-order valence-corrected chi connectivity index (χ0v) is 9.79. The third kappa shape index (κ3) is 3.10. The van der Waals surface area contributed by atoms with E-state index in [1.807, 2.05) is 12.1 Å². The average Bonchev–Trinajstić information content (AvgIpc) is 2.99. The molecule has 0 heterocycles. The van der Waals surface area contributed by atoms with Crippen molar-refractivity contribution >= 4 is 15.9 Å². The molecule has 0 N–H and O–H groups in total. The van der Waals surface area contributed by atoms with E-state index in [4.69, 9.17) is 4.74 Å². The summed E-state index contributed by atoms with van der Waals surface area (Å²) in [5.74, 6) is 0.967. The van der Waals surface area contributed by atoms with E-state index in [9.17, 15) is 0 Å². The second-order valence-electron chi connectivity index (χ2n) is 3.88. The van der Waals surface area contributed by atoms with Crippen molar-refractivity contribution in [3.63, 3.8) is 0 Å². The van der Waals surface area contributed by atoms with Crippen LogP contribution >= 0.6 is 15.9 Å². The van der Waals surface area contributed by atoms with Gasteiger partial charge in [-0.15, -0.1) is 0 Å². The van der Waals surface area contributed by atoms with Gasteiger partial charge in [0.25, 0.3) is 0 Å². The van der Waals surface area contributed by atoms with Gasteiger partial charge in [0.15, 0.2) is 0 Å². The maximum Gasteiger partial charge on any atom is 0.0727 e. The first-order valence-electron chi connectivity index (χ1n) is 5.17. The van der Waals surface area contributed by atoms with Gasteiger partial charge in [0.05, 0.1) is 6.61 Å². The van der Waals surface area contributed by atoms with Gasteiger partial charge in [-0.3, -0.25) is 0 Å². The molecule has 0 spiro atoms. The van der Waals surface area contributed by atoms with Crippen molar-refractivity contribution in [2.45, 2.75) is 25.9 Å². The minimum Gasteiger partial charge on any atom is -0.377 e. The minimum atomic E-state index is 0.730. The van der Waals surface area contributed by atoms with Gasteiger partial charge >= 0.3 is 0 Å². The van der Waals surface area contributed by atoms with E-state index >= 15 is 0 Å². The Morgan fingerprint density at radius 2 is 2.07 bits per heavy atom. The third-order valence-corrected chi connectivity index (χ3v) is 3.36. The van der Waals surface area contributed by atoms with Gasteiger partial charge in [-0.2, -0.15) is 0 Å². The first kappa shape index (κ1) is 10.2. The highest BCUT2D eigenvalue weighted by Gasteiger charge is 2.20. The summed E-state index contributed by atoms with van der Waals surface area (Å²) in [7, 11) is 0. The molecule has 2 rings (SSSR count). The first-order valence-corrected chi connectivity index (χ1v) is 5.96. The molecule has 1 fully saturated rings. The SMILES string of the molecule is Brc1ccccc1COCCC1CC1. The molecule has 0 saturated heterocycles. The van der Waals surface area contributed by atoms with Crippen LogP contribution in [-0.2, 0) is 11.3 Å². The maximum atomic E-state index is 5.62. The summed E-state index contributed by atoms with van der Waals surface area (Å²) in [5.41, 5.74) is 1.24. The summed E-state index contributed by atoms with van der Waals surface area (Å²) in [5, 5.41) is 0.